The summed E-state index contributed by atoms with van der Waals surface area (Å²) in [6.07, 6.45) is 0. The van der Waals surface area contributed by atoms with Crippen molar-refractivity contribution in [1.82, 2.24) is 4.98 Å². The van der Waals surface area contributed by atoms with Crippen molar-refractivity contribution in [2.75, 3.05) is 11.9 Å². The van der Waals surface area contributed by atoms with E-state index >= 15 is 0 Å². The summed E-state index contributed by atoms with van der Waals surface area (Å²) in [4.78, 5) is 18.1. The molecule has 4 nitrogen and oxygen atoms in total. The second-order valence-electron chi connectivity index (χ2n) is 4.03. The maximum absolute atomic E-state index is 11.7. The van der Waals surface area contributed by atoms with Crippen molar-refractivity contribution >= 4 is 33.8 Å². The number of thiazole rings is 1. The van der Waals surface area contributed by atoms with E-state index in [4.69, 9.17) is 4.74 Å². The SMILES string of the molecule is CCOC(=O)c1nc(NC(C)c2cccs2)sc1C. The average molecular weight is 296 g/mol. The second-order valence-corrected chi connectivity index (χ2v) is 6.21. The molecule has 1 unspecified atom stereocenters. The van der Waals surface area contributed by atoms with E-state index in [0.717, 1.165) is 10.0 Å². The molecule has 0 aromatic carbocycles. The van der Waals surface area contributed by atoms with Gasteiger partial charge in [-0.2, -0.15) is 0 Å². The molecule has 0 amide bonds. The maximum atomic E-state index is 11.7. The lowest BCUT2D eigenvalue weighted by Crippen LogP contribution is -2.08. The highest BCUT2D eigenvalue weighted by Crippen LogP contribution is 2.28. The Hall–Kier alpha value is -1.40. The number of esters is 1. The van der Waals surface area contributed by atoms with Gasteiger partial charge in [0, 0.05) is 9.75 Å². The number of hydrogen-bond donors (Lipinski definition) is 1. The Bertz CT molecular complexity index is 549. The van der Waals surface area contributed by atoms with E-state index in [9.17, 15) is 4.79 Å². The highest BCUT2D eigenvalue weighted by atomic mass is 32.1. The summed E-state index contributed by atoms with van der Waals surface area (Å²) in [5.41, 5.74) is 0.410. The lowest BCUT2D eigenvalue weighted by molar-refractivity contribution is 0.0519. The van der Waals surface area contributed by atoms with Gasteiger partial charge in [-0.25, -0.2) is 9.78 Å². The quantitative estimate of drug-likeness (QED) is 0.851. The van der Waals surface area contributed by atoms with Crippen LogP contribution >= 0.6 is 22.7 Å². The molecule has 6 heteroatoms. The molecule has 0 radical (unpaired) electrons. The Morgan fingerprint density at radius 3 is 3.00 bits per heavy atom. The Balaban J connectivity index is 2.10. The summed E-state index contributed by atoms with van der Waals surface area (Å²) in [6.45, 7) is 6.11. The Labute approximate surface area is 120 Å². The molecular formula is C13H16N2O2S2. The van der Waals surface area contributed by atoms with E-state index in [-0.39, 0.29) is 12.0 Å². The molecule has 19 heavy (non-hydrogen) atoms. The minimum atomic E-state index is -0.354. The van der Waals surface area contributed by atoms with E-state index in [1.165, 1.54) is 16.2 Å². The van der Waals surface area contributed by atoms with Gasteiger partial charge >= 0.3 is 5.97 Å². The number of ether oxygens (including phenoxy) is 1. The van der Waals surface area contributed by atoms with Gasteiger partial charge in [-0.1, -0.05) is 6.07 Å². The van der Waals surface area contributed by atoms with Crippen LogP contribution in [-0.4, -0.2) is 17.6 Å². The van der Waals surface area contributed by atoms with Crippen LogP contribution in [0.1, 0.15) is 40.1 Å². The molecule has 2 rings (SSSR count). The van der Waals surface area contributed by atoms with E-state index in [1.54, 1.807) is 18.3 Å². The van der Waals surface area contributed by atoms with Crippen LogP contribution in [0, 0.1) is 6.92 Å². The number of hydrogen-bond acceptors (Lipinski definition) is 6. The number of rotatable bonds is 5. The highest BCUT2D eigenvalue weighted by Gasteiger charge is 2.17. The van der Waals surface area contributed by atoms with Crippen molar-refractivity contribution in [2.24, 2.45) is 0 Å². The summed E-state index contributed by atoms with van der Waals surface area (Å²) in [7, 11) is 0. The van der Waals surface area contributed by atoms with Crippen molar-refractivity contribution in [1.29, 1.82) is 0 Å². The van der Waals surface area contributed by atoms with Crippen LogP contribution in [0.3, 0.4) is 0 Å². The zero-order chi connectivity index (χ0) is 13.8. The zero-order valence-corrected chi connectivity index (χ0v) is 12.7. The molecule has 0 bridgehead atoms. The first kappa shape index (κ1) is 14.0. The monoisotopic (exact) mass is 296 g/mol. The summed E-state index contributed by atoms with van der Waals surface area (Å²) in [6, 6.07) is 4.28. The van der Waals surface area contributed by atoms with Gasteiger partial charge in [-0.15, -0.1) is 22.7 Å². The van der Waals surface area contributed by atoms with Gasteiger partial charge in [0.25, 0.3) is 0 Å². The normalized spacial score (nSPS) is 12.2. The molecule has 102 valence electrons. The van der Waals surface area contributed by atoms with Gasteiger partial charge in [-0.05, 0) is 32.2 Å². The lowest BCUT2D eigenvalue weighted by Gasteiger charge is -2.10. The summed E-state index contributed by atoms with van der Waals surface area (Å²) < 4.78 is 4.98. The highest BCUT2D eigenvalue weighted by molar-refractivity contribution is 7.15. The van der Waals surface area contributed by atoms with Crippen LogP contribution < -0.4 is 5.32 Å². The first-order chi connectivity index (χ1) is 9.11. The third kappa shape index (κ3) is 3.33. The number of anilines is 1. The van der Waals surface area contributed by atoms with E-state index in [0.29, 0.717) is 12.3 Å². The summed E-state index contributed by atoms with van der Waals surface area (Å²) >= 11 is 3.17. The van der Waals surface area contributed by atoms with Gasteiger partial charge in [-0.3, -0.25) is 0 Å². The van der Waals surface area contributed by atoms with Crippen LogP contribution in [0.2, 0.25) is 0 Å². The molecule has 2 aromatic heterocycles. The number of carbonyl (C=O) groups excluding carboxylic acids is 1. The summed E-state index contributed by atoms with van der Waals surface area (Å²) in [5, 5.41) is 6.11. The fraction of sp³-hybridized carbons (Fsp3) is 0.385. The molecule has 0 saturated heterocycles. The summed E-state index contributed by atoms with van der Waals surface area (Å²) in [5.74, 6) is -0.354. The average Bonchev–Trinajstić information content (AvgIpc) is 2.99. The predicted octanol–water partition coefficient (Wildman–Crippen LogP) is 3.86. The van der Waals surface area contributed by atoms with Crippen molar-refractivity contribution in [3.8, 4) is 0 Å². The second kappa shape index (κ2) is 6.16. The molecule has 1 N–H and O–H groups in total. The predicted molar refractivity (Wildman–Crippen MR) is 79.2 cm³/mol. The van der Waals surface area contributed by atoms with Crippen LogP contribution in [0.25, 0.3) is 0 Å². The molecule has 0 aliphatic carbocycles. The van der Waals surface area contributed by atoms with Crippen LogP contribution in [0.15, 0.2) is 17.5 Å². The maximum Gasteiger partial charge on any atom is 0.358 e. The third-order valence-corrected chi connectivity index (χ3v) is 4.53. The van der Waals surface area contributed by atoms with Gasteiger partial charge in [0.15, 0.2) is 10.8 Å². The Kier molecular flexibility index (Phi) is 4.55. The Morgan fingerprint density at radius 1 is 1.58 bits per heavy atom. The number of aromatic nitrogens is 1. The van der Waals surface area contributed by atoms with Crippen molar-refractivity contribution < 1.29 is 9.53 Å². The molecule has 2 aromatic rings. The molecule has 2 heterocycles. The van der Waals surface area contributed by atoms with Crippen molar-refractivity contribution in [2.45, 2.75) is 26.8 Å². The van der Waals surface area contributed by atoms with Crippen LogP contribution in [-0.2, 0) is 4.74 Å². The third-order valence-electron chi connectivity index (χ3n) is 2.58. The number of aryl methyl sites for hydroxylation is 1. The molecule has 0 saturated carbocycles. The molecule has 1 atom stereocenters. The zero-order valence-electron chi connectivity index (χ0n) is 11.1. The largest absolute Gasteiger partial charge is 0.461 e. The van der Waals surface area contributed by atoms with Crippen LogP contribution in [0.5, 0.6) is 0 Å². The molecule has 0 aliphatic heterocycles. The molecular weight excluding hydrogens is 280 g/mol. The number of nitrogens with one attached hydrogen (secondary N) is 1. The van der Waals surface area contributed by atoms with Gasteiger partial charge < -0.3 is 10.1 Å². The van der Waals surface area contributed by atoms with Gasteiger partial charge in [0.2, 0.25) is 0 Å². The minimum Gasteiger partial charge on any atom is -0.461 e. The Morgan fingerprint density at radius 2 is 2.37 bits per heavy atom. The molecule has 0 spiro atoms. The molecule has 0 fully saturated rings. The molecule has 0 aliphatic rings. The number of thiophene rings is 1. The number of carbonyl (C=O) groups is 1. The fourth-order valence-corrected chi connectivity index (χ4v) is 3.26. The number of nitrogens with zero attached hydrogens (tertiary/aromatic N) is 1. The van der Waals surface area contributed by atoms with Crippen molar-refractivity contribution in [3.63, 3.8) is 0 Å². The standard InChI is InChI=1S/C13H16N2O2S2/c1-4-17-12(16)11-9(3)19-13(15-11)14-8(2)10-6-5-7-18-10/h5-8H,4H2,1-3H3,(H,14,15). The minimum absolute atomic E-state index is 0.181. The van der Waals surface area contributed by atoms with E-state index in [2.05, 4.69) is 23.3 Å². The topological polar surface area (TPSA) is 51.2 Å². The fourth-order valence-electron chi connectivity index (χ4n) is 1.64. The van der Waals surface area contributed by atoms with Gasteiger partial charge in [0.1, 0.15) is 0 Å². The van der Waals surface area contributed by atoms with Crippen LogP contribution in [0.4, 0.5) is 5.13 Å². The smallest absolute Gasteiger partial charge is 0.358 e. The first-order valence-corrected chi connectivity index (χ1v) is 7.76. The van der Waals surface area contributed by atoms with Crippen molar-refractivity contribution in [3.05, 3.63) is 33.0 Å². The first-order valence-electron chi connectivity index (χ1n) is 6.06. The van der Waals surface area contributed by atoms with E-state index in [1.807, 2.05) is 18.4 Å². The van der Waals surface area contributed by atoms with E-state index < -0.39 is 0 Å². The lowest BCUT2D eigenvalue weighted by atomic mass is 10.3. The van der Waals surface area contributed by atoms with Gasteiger partial charge in [0.05, 0.1) is 12.6 Å².